The molecule has 0 N–H and O–H groups in total. The average molecular weight is 419 g/mol. The van der Waals surface area contributed by atoms with E-state index >= 15 is 0 Å². The number of benzene rings is 3. The van der Waals surface area contributed by atoms with Gasteiger partial charge in [-0.1, -0.05) is 72.3 Å². The minimum absolute atomic E-state index is 0.284. The second-order valence-corrected chi connectivity index (χ2v) is 6.99. The molecule has 0 fully saturated rings. The lowest BCUT2D eigenvalue weighted by molar-refractivity contribution is 0.0276. The Morgan fingerprint density at radius 1 is 0.867 bits per heavy atom. The number of ketones is 1. The van der Waals surface area contributed by atoms with Crippen LogP contribution in [0.3, 0.4) is 0 Å². The Kier molecular flexibility index (Phi) is 5.46. The molecule has 4 aromatic rings. The zero-order chi connectivity index (χ0) is 21.1. The quantitative estimate of drug-likeness (QED) is 0.252. The highest BCUT2D eigenvalue weighted by molar-refractivity contribution is 6.30. The van der Waals surface area contributed by atoms with Crippen molar-refractivity contribution in [2.24, 2.45) is 0 Å². The number of esters is 1. The Bertz CT molecular complexity index is 1280. The summed E-state index contributed by atoms with van der Waals surface area (Å²) in [6.07, 6.45) is -1.25. The number of para-hydroxylation sites is 1. The molecular weight excluding hydrogens is 404 g/mol. The van der Waals surface area contributed by atoms with E-state index in [0.29, 0.717) is 27.1 Å². The Morgan fingerprint density at radius 3 is 2.27 bits per heavy atom. The van der Waals surface area contributed by atoms with E-state index in [1.165, 1.54) is 6.07 Å². The summed E-state index contributed by atoms with van der Waals surface area (Å²) in [5, 5.41) is 1.05. The van der Waals surface area contributed by atoms with Crippen molar-refractivity contribution in [2.75, 3.05) is 0 Å². The summed E-state index contributed by atoms with van der Waals surface area (Å²) in [7, 11) is 0. The molecule has 1 heterocycles. The lowest BCUT2D eigenvalue weighted by Gasteiger charge is -2.17. The molecule has 0 amide bonds. The third-order valence-corrected chi connectivity index (χ3v) is 4.81. The molecule has 6 heteroatoms. The van der Waals surface area contributed by atoms with E-state index in [-0.39, 0.29) is 5.56 Å². The van der Waals surface area contributed by atoms with Gasteiger partial charge in [-0.2, -0.15) is 0 Å². The smallest absolute Gasteiger partial charge is 0.351 e. The number of Topliss-reactive ketones (excluding diaryl/α,β-unsaturated/α-hetero) is 1. The molecule has 1 atom stereocenters. The van der Waals surface area contributed by atoms with Crippen LogP contribution in [0, 0.1) is 0 Å². The molecule has 0 aliphatic heterocycles. The second kappa shape index (κ2) is 8.35. The number of hydrogen-bond donors (Lipinski definition) is 0. The minimum atomic E-state index is -1.25. The SMILES string of the molecule is O=C(OC(C(=O)c1ccccc1)c1ccc(Cl)cc1)c1cc2ccccc2oc1=O. The maximum absolute atomic E-state index is 13.1. The summed E-state index contributed by atoms with van der Waals surface area (Å²) in [6.45, 7) is 0. The number of hydrogen-bond acceptors (Lipinski definition) is 5. The van der Waals surface area contributed by atoms with Gasteiger partial charge in [0.1, 0.15) is 11.1 Å². The van der Waals surface area contributed by atoms with Gasteiger partial charge < -0.3 is 9.15 Å². The molecule has 4 rings (SSSR count). The first-order chi connectivity index (χ1) is 14.5. The maximum Gasteiger partial charge on any atom is 0.351 e. The molecule has 0 saturated heterocycles. The van der Waals surface area contributed by atoms with E-state index in [1.54, 1.807) is 78.9 Å². The van der Waals surface area contributed by atoms with Gasteiger partial charge in [0.05, 0.1) is 0 Å². The highest BCUT2D eigenvalue weighted by Crippen LogP contribution is 2.25. The van der Waals surface area contributed by atoms with Gasteiger partial charge in [0.15, 0.2) is 6.10 Å². The van der Waals surface area contributed by atoms with Gasteiger partial charge in [0.25, 0.3) is 0 Å². The Hall–Kier alpha value is -3.70. The molecular formula is C24H15ClO5. The molecule has 0 radical (unpaired) electrons. The topological polar surface area (TPSA) is 73.6 Å². The van der Waals surface area contributed by atoms with E-state index in [1.807, 2.05) is 0 Å². The van der Waals surface area contributed by atoms with Crippen molar-refractivity contribution in [1.82, 2.24) is 0 Å². The monoisotopic (exact) mass is 418 g/mol. The van der Waals surface area contributed by atoms with Crippen molar-refractivity contribution < 1.29 is 18.7 Å². The van der Waals surface area contributed by atoms with Crippen molar-refractivity contribution in [3.8, 4) is 0 Å². The summed E-state index contributed by atoms with van der Waals surface area (Å²) >= 11 is 5.94. The van der Waals surface area contributed by atoms with Gasteiger partial charge >= 0.3 is 11.6 Å². The van der Waals surface area contributed by atoms with Crippen LogP contribution < -0.4 is 5.63 Å². The highest BCUT2D eigenvalue weighted by atomic mass is 35.5. The van der Waals surface area contributed by atoms with Crippen molar-refractivity contribution >= 4 is 34.3 Å². The molecule has 1 unspecified atom stereocenters. The van der Waals surface area contributed by atoms with Crippen LogP contribution in [0.4, 0.5) is 0 Å². The lowest BCUT2D eigenvalue weighted by Crippen LogP contribution is -2.23. The first kappa shape index (κ1) is 19.6. The van der Waals surface area contributed by atoms with Crippen molar-refractivity contribution in [3.05, 3.63) is 117 Å². The summed E-state index contributed by atoms with van der Waals surface area (Å²) < 4.78 is 10.7. The molecule has 0 bridgehead atoms. The van der Waals surface area contributed by atoms with Gasteiger partial charge in [-0.25, -0.2) is 9.59 Å². The average Bonchev–Trinajstić information content (AvgIpc) is 2.77. The number of rotatable bonds is 5. The van der Waals surface area contributed by atoms with Crippen LogP contribution in [-0.4, -0.2) is 11.8 Å². The Balaban J connectivity index is 1.72. The predicted molar refractivity (Wildman–Crippen MR) is 113 cm³/mol. The van der Waals surface area contributed by atoms with Crippen LogP contribution in [0.2, 0.25) is 5.02 Å². The molecule has 148 valence electrons. The van der Waals surface area contributed by atoms with Gasteiger partial charge in [0.2, 0.25) is 5.78 Å². The fourth-order valence-corrected chi connectivity index (χ4v) is 3.17. The molecule has 5 nitrogen and oxygen atoms in total. The number of halogens is 1. The van der Waals surface area contributed by atoms with E-state index in [4.69, 9.17) is 20.8 Å². The Labute approximate surface area is 176 Å². The van der Waals surface area contributed by atoms with Crippen molar-refractivity contribution in [2.45, 2.75) is 6.10 Å². The van der Waals surface area contributed by atoms with Gasteiger partial charge in [-0.05, 0) is 24.3 Å². The van der Waals surface area contributed by atoms with Gasteiger partial charge in [0, 0.05) is 21.5 Å². The third kappa shape index (κ3) is 4.02. The van der Waals surface area contributed by atoms with Crippen LogP contribution in [0.5, 0.6) is 0 Å². The summed E-state index contributed by atoms with van der Waals surface area (Å²) in [5.74, 6) is -1.37. The van der Waals surface area contributed by atoms with Crippen LogP contribution in [0.1, 0.15) is 32.4 Å². The first-order valence-electron chi connectivity index (χ1n) is 9.11. The molecule has 0 aliphatic carbocycles. The minimum Gasteiger partial charge on any atom is -0.445 e. The summed E-state index contributed by atoms with van der Waals surface area (Å²) in [5.41, 5.74) is 0.0467. The lowest BCUT2D eigenvalue weighted by atomic mass is 9.99. The molecule has 0 aliphatic rings. The largest absolute Gasteiger partial charge is 0.445 e. The van der Waals surface area contributed by atoms with E-state index < -0.39 is 23.5 Å². The van der Waals surface area contributed by atoms with Gasteiger partial charge in [-0.3, -0.25) is 4.79 Å². The van der Waals surface area contributed by atoms with E-state index in [9.17, 15) is 14.4 Å². The van der Waals surface area contributed by atoms with Crippen LogP contribution >= 0.6 is 11.6 Å². The number of carbonyl (C=O) groups is 2. The zero-order valence-electron chi connectivity index (χ0n) is 15.6. The van der Waals surface area contributed by atoms with Crippen LogP contribution in [0.25, 0.3) is 11.0 Å². The highest BCUT2D eigenvalue weighted by Gasteiger charge is 2.28. The van der Waals surface area contributed by atoms with E-state index in [2.05, 4.69) is 0 Å². The maximum atomic E-state index is 13.1. The standard InChI is InChI=1S/C24H15ClO5/c25-18-12-10-16(11-13-18)22(21(26)15-6-2-1-3-7-15)30-24(28)19-14-17-8-4-5-9-20(17)29-23(19)27/h1-14,22H. The summed E-state index contributed by atoms with van der Waals surface area (Å²) in [4.78, 5) is 38.2. The van der Waals surface area contributed by atoms with E-state index in [0.717, 1.165) is 0 Å². The molecule has 30 heavy (non-hydrogen) atoms. The fraction of sp³-hybridized carbons (Fsp3) is 0.0417. The van der Waals surface area contributed by atoms with Crippen LogP contribution in [-0.2, 0) is 4.74 Å². The fourth-order valence-electron chi connectivity index (χ4n) is 3.04. The predicted octanol–water partition coefficient (Wildman–Crippen LogP) is 5.23. The summed E-state index contributed by atoms with van der Waals surface area (Å²) in [6, 6.07) is 23.1. The molecule has 3 aromatic carbocycles. The van der Waals surface area contributed by atoms with Gasteiger partial charge in [-0.15, -0.1) is 0 Å². The zero-order valence-corrected chi connectivity index (χ0v) is 16.3. The second-order valence-electron chi connectivity index (χ2n) is 6.55. The number of ether oxygens (including phenoxy) is 1. The molecule has 0 saturated carbocycles. The van der Waals surface area contributed by atoms with Crippen LogP contribution in [0.15, 0.2) is 94.1 Å². The Morgan fingerprint density at radius 2 is 1.53 bits per heavy atom. The number of carbonyl (C=O) groups excluding carboxylic acids is 2. The first-order valence-corrected chi connectivity index (χ1v) is 9.49. The van der Waals surface area contributed by atoms with Crippen molar-refractivity contribution in [3.63, 3.8) is 0 Å². The number of fused-ring (bicyclic) bond motifs is 1. The molecule has 0 spiro atoms. The normalized spacial score (nSPS) is 11.8. The molecule has 1 aromatic heterocycles. The third-order valence-electron chi connectivity index (χ3n) is 4.56. The van der Waals surface area contributed by atoms with Crippen molar-refractivity contribution in [1.29, 1.82) is 0 Å².